The second kappa shape index (κ2) is 7.47. The van der Waals surface area contributed by atoms with Crippen molar-refractivity contribution in [2.45, 2.75) is 39.8 Å². The van der Waals surface area contributed by atoms with E-state index < -0.39 is 6.10 Å². The Bertz CT molecular complexity index is 772. The lowest BCUT2D eigenvalue weighted by molar-refractivity contribution is -0.128. The van der Waals surface area contributed by atoms with Gasteiger partial charge in [0.05, 0.1) is 0 Å². The molecule has 0 fully saturated rings. The Kier molecular flexibility index (Phi) is 5.12. The lowest BCUT2D eigenvalue weighted by Crippen LogP contribution is -2.37. The second-order valence-electron chi connectivity index (χ2n) is 6.19. The van der Waals surface area contributed by atoms with Crippen LogP contribution < -0.4 is 19.5 Å². The average Bonchev–Trinajstić information content (AvgIpc) is 3.07. The summed E-state index contributed by atoms with van der Waals surface area (Å²) in [6.45, 7) is 6.62. The van der Waals surface area contributed by atoms with Crippen LogP contribution in [0.15, 0.2) is 36.4 Å². The molecule has 5 heteroatoms. The van der Waals surface area contributed by atoms with Crippen LogP contribution in [0.2, 0.25) is 0 Å². The van der Waals surface area contributed by atoms with Crippen LogP contribution in [0.3, 0.4) is 0 Å². The summed E-state index contributed by atoms with van der Waals surface area (Å²) >= 11 is 0. The van der Waals surface area contributed by atoms with Crippen molar-refractivity contribution in [3.63, 3.8) is 0 Å². The van der Waals surface area contributed by atoms with E-state index in [4.69, 9.17) is 14.2 Å². The van der Waals surface area contributed by atoms with Gasteiger partial charge in [-0.3, -0.25) is 4.79 Å². The highest BCUT2D eigenvalue weighted by Gasteiger charge is 2.19. The summed E-state index contributed by atoms with van der Waals surface area (Å²) in [4.78, 5) is 12.5. The highest BCUT2D eigenvalue weighted by atomic mass is 16.7. The van der Waals surface area contributed by atoms with Gasteiger partial charge in [-0.25, -0.2) is 0 Å². The highest BCUT2D eigenvalue weighted by molar-refractivity contribution is 5.81. The first-order chi connectivity index (χ1) is 12.1. The fourth-order valence-electron chi connectivity index (χ4n) is 2.76. The molecule has 25 heavy (non-hydrogen) atoms. The van der Waals surface area contributed by atoms with E-state index in [1.165, 1.54) is 5.56 Å². The largest absolute Gasteiger partial charge is 0.480 e. The summed E-state index contributed by atoms with van der Waals surface area (Å²) in [5, 5.41) is 2.93. The molecule has 0 bridgehead atoms. The molecule has 2 aromatic carbocycles. The third-order valence-electron chi connectivity index (χ3n) is 4.17. The van der Waals surface area contributed by atoms with Crippen LogP contribution in [-0.4, -0.2) is 18.8 Å². The molecule has 2 aromatic rings. The Morgan fingerprint density at radius 3 is 2.72 bits per heavy atom. The quantitative estimate of drug-likeness (QED) is 0.874. The number of amides is 1. The van der Waals surface area contributed by atoms with Gasteiger partial charge >= 0.3 is 0 Å². The van der Waals surface area contributed by atoms with Crippen molar-refractivity contribution < 1.29 is 19.0 Å². The van der Waals surface area contributed by atoms with Crippen LogP contribution in [0.1, 0.15) is 30.0 Å². The zero-order valence-corrected chi connectivity index (χ0v) is 14.8. The van der Waals surface area contributed by atoms with Crippen molar-refractivity contribution in [1.82, 2.24) is 5.32 Å². The van der Waals surface area contributed by atoms with Crippen molar-refractivity contribution in [2.24, 2.45) is 0 Å². The molecular weight excluding hydrogens is 318 g/mol. The molecule has 1 aliphatic heterocycles. The topological polar surface area (TPSA) is 56.8 Å². The molecule has 0 aliphatic carbocycles. The molecule has 1 amide bonds. The monoisotopic (exact) mass is 341 g/mol. The van der Waals surface area contributed by atoms with Crippen LogP contribution >= 0.6 is 0 Å². The standard InChI is InChI=1S/C20H23NO4/c1-4-16(25-17-7-5-13(2)9-14(17)3)20(22)21-11-15-6-8-18-19(10-15)24-12-23-18/h5-10,16H,4,11-12H2,1-3H3,(H,21,22)/t16-/m1/s1. The lowest BCUT2D eigenvalue weighted by Gasteiger charge is -2.19. The molecular formula is C20H23NO4. The maximum Gasteiger partial charge on any atom is 0.261 e. The van der Waals surface area contributed by atoms with Gasteiger partial charge in [-0.1, -0.05) is 30.7 Å². The molecule has 0 unspecified atom stereocenters. The van der Waals surface area contributed by atoms with Gasteiger partial charge in [0.25, 0.3) is 5.91 Å². The van der Waals surface area contributed by atoms with Gasteiger partial charge < -0.3 is 19.5 Å². The van der Waals surface area contributed by atoms with Gasteiger partial charge in [-0.2, -0.15) is 0 Å². The number of rotatable bonds is 6. The number of carbonyl (C=O) groups excluding carboxylic acids is 1. The van der Waals surface area contributed by atoms with E-state index in [0.717, 1.165) is 22.6 Å². The average molecular weight is 341 g/mol. The highest BCUT2D eigenvalue weighted by Crippen LogP contribution is 2.32. The van der Waals surface area contributed by atoms with Crippen LogP contribution in [0, 0.1) is 13.8 Å². The third-order valence-corrected chi connectivity index (χ3v) is 4.17. The van der Waals surface area contributed by atoms with Crippen molar-refractivity contribution in [2.75, 3.05) is 6.79 Å². The van der Waals surface area contributed by atoms with Gasteiger partial charge in [0.15, 0.2) is 17.6 Å². The van der Waals surface area contributed by atoms with Crippen LogP contribution in [0.5, 0.6) is 17.2 Å². The first kappa shape index (κ1) is 17.1. The number of benzene rings is 2. The minimum absolute atomic E-state index is 0.125. The summed E-state index contributed by atoms with van der Waals surface area (Å²) in [6, 6.07) is 11.6. The lowest BCUT2D eigenvalue weighted by atomic mass is 10.1. The van der Waals surface area contributed by atoms with E-state index >= 15 is 0 Å². The van der Waals surface area contributed by atoms with E-state index in [0.29, 0.717) is 18.7 Å². The summed E-state index contributed by atoms with van der Waals surface area (Å²) in [7, 11) is 0. The van der Waals surface area contributed by atoms with E-state index in [1.54, 1.807) is 0 Å². The molecule has 0 radical (unpaired) electrons. The normalized spacial score (nSPS) is 13.4. The minimum atomic E-state index is -0.518. The number of carbonyl (C=O) groups is 1. The Labute approximate surface area is 147 Å². The summed E-state index contributed by atoms with van der Waals surface area (Å²) in [5.41, 5.74) is 3.16. The zero-order valence-electron chi connectivity index (χ0n) is 14.8. The molecule has 0 spiro atoms. The molecule has 1 aliphatic rings. The van der Waals surface area contributed by atoms with E-state index in [9.17, 15) is 4.79 Å². The van der Waals surface area contributed by atoms with Gasteiger partial charge in [0.2, 0.25) is 6.79 Å². The molecule has 5 nitrogen and oxygen atoms in total. The van der Waals surface area contributed by atoms with E-state index in [1.807, 2.05) is 57.2 Å². The van der Waals surface area contributed by atoms with Gasteiger partial charge in [0.1, 0.15) is 5.75 Å². The number of nitrogens with one attached hydrogen (secondary N) is 1. The van der Waals surface area contributed by atoms with Crippen molar-refractivity contribution in [1.29, 1.82) is 0 Å². The van der Waals surface area contributed by atoms with Crippen LogP contribution in [0.25, 0.3) is 0 Å². The van der Waals surface area contributed by atoms with Crippen molar-refractivity contribution >= 4 is 5.91 Å². The first-order valence-corrected chi connectivity index (χ1v) is 8.47. The van der Waals surface area contributed by atoms with Gasteiger partial charge in [-0.15, -0.1) is 0 Å². The molecule has 0 saturated carbocycles. The first-order valence-electron chi connectivity index (χ1n) is 8.47. The minimum Gasteiger partial charge on any atom is -0.480 e. The number of aryl methyl sites for hydroxylation is 2. The molecule has 0 saturated heterocycles. The van der Waals surface area contributed by atoms with Gasteiger partial charge in [-0.05, 0) is 49.6 Å². The Morgan fingerprint density at radius 2 is 1.96 bits per heavy atom. The smallest absolute Gasteiger partial charge is 0.261 e. The summed E-state index contributed by atoms with van der Waals surface area (Å²) in [5.74, 6) is 2.07. The zero-order chi connectivity index (χ0) is 17.8. The summed E-state index contributed by atoms with van der Waals surface area (Å²) in [6.07, 6.45) is 0.0794. The number of hydrogen-bond donors (Lipinski definition) is 1. The third kappa shape index (κ3) is 4.05. The number of fused-ring (bicyclic) bond motifs is 1. The predicted octanol–water partition coefficient (Wildman–Crippen LogP) is 3.51. The Hall–Kier alpha value is -2.69. The SMILES string of the molecule is CC[C@@H](Oc1ccc(C)cc1C)C(=O)NCc1ccc2c(c1)OCO2. The number of ether oxygens (including phenoxy) is 3. The van der Waals surface area contributed by atoms with Crippen molar-refractivity contribution in [3.8, 4) is 17.2 Å². The number of hydrogen-bond acceptors (Lipinski definition) is 4. The van der Waals surface area contributed by atoms with E-state index in [-0.39, 0.29) is 12.7 Å². The Balaban J connectivity index is 1.60. The maximum atomic E-state index is 12.5. The molecule has 1 N–H and O–H groups in total. The molecule has 0 aromatic heterocycles. The molecule has 3 rings (SSSR count). The predicted molar refractivity (Wildman–Crippen MR) is 95.0 cm³/mol. The molecule has 132 valence electrons. The molecule has 1 heterocycles. The Morgan fingerprint density at radius 1 is 1.16 bits per heavy atom. The van der Waals surface area contributed by atoms with Crippen molar-refractivity contribution in [3.05, 3.63) is 53.1 Å². The molecule has 1 atom stereocenters. The van der Waals surface area contributed by atoms with Gasteiger partial charge in [0, 0.05) is 6.54 Å². The van der Waals surface area contributed by atoms with Crippen LogP contribution in [0.4, 0.5) is 0 Å². The maximum absolute atomic E-state index is 12.5. The second-order valence-corrected chi connectivity index (χ2v) is 6.19. The fourth-order valence-corrected chi connectivity index (χ4v) is 2.76. The van der Waals surface area contributed by atoms with Crippen LogP contribution in [-0.2, 0) is 11.3 Å². The van der Waals surface area contributed by atoms with E-state index in [2.05, 4.69) is 5.32 Å². The fraction of sp³-hybridized carbons (Fsp3) is 0.350. The summed E-state index contributed by atoms with van der Waals surface area (Å²) < 4.78 is 16.6.